The molecule has 2 aromatic heterocycles. The van der Waals surface area contributed by atoms with Crippen molar-refractivity contribution in [3.63, 3.8) is 0 Å². The van der Waals surface area contributed by atoms with Crippen LogP contribution in [-0.2, 0) is 20.0 Å². The van der Waals surface area contributed by atoms with Gasteiger partial charge in [0.15, 0.2) is 0 Å². The number of hydrogen-bond acceptors (Lipinski definition) is 3. The molecule has 0 radical (unpaired) electrons. The molecule has 0 amide bonds. The van der Waals surface area contributed by atoms with Gasteiger partial charge in [-0.3, -0.25) is 4.68 Å². The summed E-state index contributed by atoms with van der Waals surface area (Å²) in [6, 6.07) is 8.51. The SMILES string of the molecule is Cn1cc(CCNCc2ccc(-n3ccnc3)cc2)cn1. The van der Waals surface area contributed by atoms with Crippen LogP contribution in [0, 0.1) is 0 Å². The Kier molecular flexibility index (Phi) is 4.12. The molecule has 2 heterocycles. The van der Waals surface area contributed by atoms with Gasteiger partial charge >= 0.3 is 0 Å². The Bertz CT molecular complexity index is 667. The van der Waals surface area contributed by atoms with E-state index in [4.69, 9.17) is 0 Å². The average molecular weight is 281 g/mol. The number of imidazole rings is 1. The number of benzene rings is 1. The Balaban J connectivity index is 1.47. The molecule has 108 valence electrons. The van der Waals surface area contributed by atoms with Crippen LogP contribution < -0.4 is 5.32 Å². The van der Waals surface area contributed by atoms with Crippen LogP contribution in [0.15, 0.2) is 55.4 Å². The Morgan fingerprint density at radius 1 is 1.14 bits per heavy atom. The second kappa shape index (κ2) is 6.37. The molecule has 5 nitrogen and oxygen atoms in total. The lowest BCUT2D eigenvalue weighted by atomic mass is 10.2. The highest BCUT2D eigenvalue weighted by Crippen LogP contribution is 2.09. The fourth-order valence-corrected chi connectivity index (χ4v) is 2.26. The van der Waals surface area contributed by atoms with Gasteiger partial charge in [0, 0.05) is 37.9 Å². The van der Waals surface area contributed by atoms with Crippen LogP contribution >= 0.6 is 0 Å². The summed E-state index contributed by atoms with van der Waals surface area (Å²) in [6.07, 6.45) is 10.5. The lowest BCUT2D eigenvalue weighted by molar-refractivity contribution is 0.686. The number of aryl methyl sites for hydroxylation is 1. The highest BCUT2D eigenvalue weighted by Gasteiger charge is 1.98. The minimum absolute atomic E-state index is 0.879. The molecule has 0 aliphatic heterocycles. The molecule has 1 aromatic carbocycles. The van der Waals surface area contributed by atoms with Crippen LogP contribution in [0.1, 0.15) is 11.1 Å². The number of hydrogen-bond donors (Lipinski definition) is 1. The smallest absolute Gasteiger partial charge is 0.0991 e. The van der Waals surface area contributed by atoms with Crippen molar-refractivity contribution in [1.29, 1.82) is 0 Å². The van der Waals surface area contributed by atoms with E-state index in [-0.39, 0.29) is 0 Å². The second-order valence-electron chi connectivity index (χ2n) is 5.09. The van der Waals surface area contributed by atoms with Gasteiger partial charge in [-0.1, -0.05) is 12.1 Å². The van der Waals surface area contributed by atoms with E-state index in [0.29, 0.717) is 0 Å². The molecule has 21 heavy (non-hydrogen) atoms. The molecule has 3 aromatic rings. The number of rotatable bonds is 6. The predicted molar refractivity (Wildman–Crippen MR) is 82.2 cm³/mol. The van der Waals surface area contributed by atoms with Crippen molar-refractivity contribution in [2.45, 2.75) is 13.0 Å². The summed E-state index contributed by atoms with van der Waals surface area (Å²) in [5.41, 5.74) is 3.68. The zero-order chi connectivity index (χ0) is 14.5. The molecule has 0 unspecified atom stereocenters. The number of nitrogens with zero attached hydrogens (tertiary/aromatic N) is 4. The van der Waals surface area contributed by atoms with Crippen LogP contribution in [0.2, 0.25) is 0 Å². The van der Waals surface area contributed by atoms with Gasteiger partial charge in [-0.15, -0.1) is 0 Å². The first-order chi connectivity index (χ1) is 10.3. The van der Waals surface area contributed by atoms with E-state index in [1.54, 1.807) is 12.5 Å². The van der Waals surface area contributed by atoms with Gasteiger partial charge in [0.25, 0.3) is 0 Å². The van der Waals surface area contributed by atoms with E-state index in [1.807, 2.05) is 28.7 Å². The van der Waals surface area contributed by atoms with Gasteiger partial charge in [0.05, 0.1) is 12.5 Å². The van der Waals surface area contributed by atoms with E-state index in [9.17, 15) is 0 Å². The first kappa shape index (κ1) is 13.6. The lowest BCUT2D eigenvalue weighted by Crippen LogP contribution is -2.16. The van der Waals surface area contributed by atoms with E-state index in [1.165, 1.54) is 11.1 Å². The van der Waals surface area contributed by atoms with Crippen LogP contribution in [0.3, 0.4) is 0 Å². The van der Waals surface area contributed by atoms with Crippen molar-refractivity contribution >= 4 is 0 Å². The van der Waals surface area contributed by atoms with Gasteiger partial charge in [-0.2, -0.15) is 5.10 Å². The molecule has 1 N–H and O–H groups in total. The summed E-state index contributed by atoms with van der Waals surface area (Å²) in [7, 11) is 1.94. The van der Waals surface area contributed by atoms with Crippen LogP contribution in [0.25, 0.3) is 5.69 Å². The summed E-state index contributed by atoms with van der Waals surface area (Å²) in [5, 5.41) is 7.63. The first-order valence-corrected chi connectivity index (χ1v) is 7.07. The summed E-state index contributed by atoms with van der Waals surface area (Å²) < 4.78 is 3.84. The molecular weight excluding hydrogens is 262 g/mol. The molecule has 0 atom stereocenters. The third-order valence-corrected chi connectivity index (χ3v) is 3.42. The van der Waals surface area contributed by atoms with Crippen LogP contribution in [0.4, 0.5) is 0 Å². The molecule has 0 fully saturated rings. The summed E-state index contributed by atoms with van der Waals surface area (Å²) >= 11 is 0. The monoisotopic (exact) mass is 281 g/mol. The Morgan fingerprint density at radius 3 is 2.67 bits per heavy atom. The fraction of sp³-hybridized carbons (Fsp3) is 0.250. The first-order valence-electron chi connectivity index (χ1n) is 7.07. The van der Waals surface area contributed by atoms with Gasteiger partial charge in [-0.05, 0) is 36.2 Å². The second-order valence-corrected chi connectivity index (χ2v) is 5.09. The van der Waals surface area contributed by atoms with Gasteiger partial charge in [-0.25, -0.2) is 4.98 Å². The topological polar surface area (TPSA) is 47.7 Å². The number of aromatic nitrogens is 4. The largest absolute Gasteiger partial charge is 0.312 e. The number of nitrogens with one attached hydrogen (secondary N) is 1. The lowest BCUT2D eigenvalue weighted by Gasteiger charge is -2.06. The van der Waals surface area contributed by atoms with Gasteiger partial charge < -0.3 is 9.88 Å². The Labute approximate surface area is 124 Å². The summed E-state index contributed by atoms with van der Waals surface area (Å²) in [4.78, 5) is 4.06. The maximum absolute atomic E-state index is 4.17. The highest BCUT2D eigenvalue weighted by atomic mass is 15.2. The normalized spacial score (nSPS) is 10.9. The van der Waals surface area contributed by atoms with Gasteiger partial charge in [0.1, 0.15) is 0 Å². The van der Waals surface area contributed by atoms with E-state index in [0.717, 1.165) is 25.2 Å². The maximum Gasteiger partial charge on any atom is 0.0991 e. The zero-order valence-corrected chi connectivity index (χ0v) is 12.1. The molecule has 0 spiro atoms. The fourth-order valence-electron chi connectivity index (χ4n) is 2.26. The molecule has 0 saturated carbocycles. The highest BCUT2D eigenvalue weighted by molar-refractivity contribution is 5.34. The van der Waals surface area contributed by atoms with Crippen LogP contribution in [0.5, 0.6) is 0 Å². The van der Waals surface area contributed by atoms with Crippen molar-refractivity contribution in [1.82, 2.24) is 24.6 Å². The predicted octanol–water partition coefficient (Wildman–Crippen LogP) is 1.94. The van der Waals surface area contributed by atoms with Crippen molar-refractivity contribution < 1.29 is 0 Å². The molecule has 0 bridgehead atoms. The van der Waals surface area contributed by atoms with E-state index < -0.39 is 0 Å². The quantitative estimate of drug-likeness (QED) is 0.702. The molecule has 0 aliphatic carbocycles. The molecule has 0 aliphatic rings. The Hall–Kier alpha value is -2.40. The van der Waals surface area contributed by atoms with E-state index >= 15 is 0 Å². The minimum Gasteiger partial charge on any atom is -0.312 e. The molecule has 3 rings (SSSR count). The van der Waals surface area contributed by atoms with Gasteiger partial charge in [0.2, 0.25) is 0 Å². The maximum atomic E-state index is 4.17. The van der Waals surface area contributed by atoms with Crippen molar-refractivity contribution in [3.8, 4) is 5.69 Å². The standard InChI is InChI=1S/C16H19N5/c1-20-12-15(11-19-20)6-7-17-10-14-2-4-16(5-3-14)21-9-8-18-13-21/h2-5,8-9,11-13,17H,6-7,10H2,1H3. The van der Waals surface area contributed by atoms with E-state index in [2.05, 4.69) is 45.9 Å². The van der Waals surface area contributed by atoms with Crippen molar-refractivity contribution in [2.24, 2.45) is 7.05 Å². The summed E-state index contributed by atoms with van der Waals surface area (Å²) in [5.74, 6) is 0. The van der Waals surface area contributed by atoms with Crippen molar-refractivity contribution in [3.05, 3.63) is 66.5 Å². The molecule has 5 heteroatoms. The average Bonchev–Trinajstić information content (AvgIpc) is 3.16. The molecule has 0 saturated heterocycles. The third-order valence-electron chi connectivity index (χ3n) is 3.42. The Morgan fingerprint density at radius 2 is 2.00 bits per heavy atom. The zero-order valence-electron chi connectivity index (χ0n) is 12.1. The van der Waals surface area contributed by atoms with Crippen LogP contribution in [-0.4, -0.2) is 25.9 Å². The summed E-state index contributed by atoms with van der Waals surface area (Å²) in [6.45, 7) is 1.83. The third kappa shape index (κ3) is 3.58. The van der Waals surface area contributed by atoms with Crippen molar-refractivity contribution in [2.75, 3.05) is 6.54 Å². The minimum atomic E-state index is 0.879. The molecular formula is C16H19N5.